The summed E-state index contributed by atoms with van der Waals surface area (Å²) in [5, 5.41) is 0. The molecule has 2 aliphatic rings. The summed E-state index contributed by atoms with van der Waals surface area (Å²) in [6.45, 7) is 7.25. The van der Waals surface area contributed by atoms with Crippen LogP contribution in [-0.2, 0) is 10.9 Å². The number of ether oxygens (including phenoxy) is 1. The lowest BCUT2D eigenvalue weighted by Gasteiger charge is -2.42. The van der Waals surface area contributed by atoms with Gasteiger partial charge in [0.15, 0.2) is 0 Å². The van der Waals surface area contributed by atoms with E-state index < -0.39 is 11.7 Å². The first-order chi connectivity index (χ1) is 17.7. The Hall–Kier alpha value is -3.47. The van der Waals surface area contributed by atoms with E-state index in [1.54, 1.807) is 24.0 Å². The van der Waals surface area contributed by atoms with Gasteiger partial charge in [-0.3, -0.25) is 0 Å². The molecule has 4 heterocycles. The number of hydrogen-bond donors (Lipinski definition) is 0. The number of nitrogens with zero attached hydrogens (tertiary/aromatic N) is 6. The zero-order valence-electron chi connectivity index (χ0n) is 20.7. The first-order valence-electron chi connectivity index (χ1n) is 12.2. The molecule has 1 aromatic carbocycles. The fourth-order valence-corrected chi connectivity index (χ4v) is 4.79. The van der Waals surface area contributed by atoms with Crippen LogP contribution in [0, 0.1) is 12.7 Å². The normalized spacial score (nSPS) is 18.9. The SMILES string of the molecule is Cc1cc(-c2cc(N3CCN(c4ncccc4C(F)(F)F)C[C@H]3C)nc(N3CCOCC3)n2)ccc1F. The van der Waals surface area contributed by atoms with E-state index in [1.165, 1.54) is 18.3 Å². The third-order valence-electron chi connectivity index (χ3n) is 6.76. The van der Waals surface area contributed by atoms with E-state index >= 15 is 0 Å². The zero-order chi connectivity index (χ0) is 26.2. The van der Waals surface area contributed by atoms with Crippen LogP contribution in [0.15, 0.2) is 42.6 Å². The number of benzene rings is 1. The van der Waals surface area contributed by atoms with Gasteiger partial charge in [0.1, 0.15) is 17.5 Å². The Bertz CT molecular complexity index is 1260. The summed E-state index contributed by atoms with van der Waals surface area (Å²) in [4.78, 5) is 19.5. The number of pyridine rings is 1. The second-order valence-corrected chi connectivity index (χ2v) is 9.34. The van der Waals surface area contributed by atoms with Gasteiger partial charge < -0.3 is 19.4 Å². The maximum absolute atomic E-state index is 13.9. The van der Waals surface area contributed by atoms with Gasteiger partial charge in [-0.25, -0.2) is 14.4 Å². The molecule has 2 aromatic heterocycles. The van der Waals surface area contributed by atoms with Crippen molar-refractivity contribution in [1.29, 1.82) is 0 Å². The van der Waals surface area contributed by atoms with Crippen LogP contribution in [0.5, 0.6) is 0 Å². The van der Waals surface area contributed by atoms with E-state index in [0.717, 1.165) is 11.6 Å². The number of anilines is 3. The number of halogens is 4. The summed E-state index contributed by atoms with van der Waals surface area (Å²) in [5.41, 5.74) is 1.21. The number of aryl methyl sites for hydroxylation is 1. The number of rotatable bonds is 4. The van der Waals surface area contributed by atoms with Crippen molar-refractivity contribution in [2.45, 2.75) is 26.1 Å². The van der Waals surface area contributed by atoms with Crippen molar-refractivity contribution in [3.8, 4) is 11.3 Å². The zero-order valence-corrected chi connectivity index (χ0v) is 20.7. The highest BCUT2D eigenvalue weighted by atomic mass is 19.4. The quantitative estimate of drug-likeness (QED) is 0.472. The molecule has 2 fully saturated rings. The number of alkyl halides is 3. The minimum Gasteiger partial charge on any atom is -0.378 e. The number of morpholine rings is 1. The molecule has 0 unspecified atom stereocenters. The molecule has 11 heteroatoms. The van der Waals surface area contributed by atoms with E-state index in [1.807, 2.05) is 13.0 Å². The molecule has 196 valence electrons. The fourth-order valence-electron chi connectivity index (χ4n) is 4.79. The number of hydrogen-bond acceptors (Lipinski definition) is 7. The molecule has 1 atom stereocenters. The first-order valence-corrected chi connectivity index (χ1v) is 12.2. The number of piperazine rings is 1. The topological polar surface area (TPSA) is 57.6 Å². The maximum atomic E-state index is 13.9. The molecule has 37 heavy (non-hydrogen) atoms. The highest BCUT2D eigenvalue weighted by molar-refractivity contribution is 5.66. The molecule has 3 aromatic rings. The lowest BCUT2D eigenvalue weighted by Crippen LogP contribution is -2.53. The lowest BCUT2D eigenvalue weighted by molar-refractivity contribution is -0.137. The van der Waals surface area contributed by atoms with Crippen LogP contribution in [0.3, 0.4) is 0 Å². The van der Waals surface area contributed by atoms with Gasteiger partial charge in [-0.15, -0.1) is 0 Å². The average Bonchev–Trinajstić information content (AvgIpc) is 2.90. The standard InChI is InChI=1S/C26H28F4N6O/c1-17-14-19(5-6-21(17)27)22-15-23(33-25(32-22)34-10-12-37-13-11-34)36-9-8-35(16-18(36)2)24-20(26(28,29)30)4-3-7-31-24/h3-7,14-15,18H,8-13,16H2,1-2H3/t18-/m1/s1. The van der Waals surface area contributed by atoms with Gasteiger partial charge in [0.05, 0.1) is 24.5 Å². The van der Waals surface area contributed by atoms with Crippen molar-refractivity contribution < 1.29 is 22.3 Å². The molecule has 7 nitrogen and oxygen atoms in total. The van der Waals surface area contributed by atoms with Gasteiger partial charge >= 0.3 is 6.18 Å². The summed E-state index contributed by atoms with van der Waals surface area (Å²) in [7, 11) is 0. The Kier molecular flexibility index (Phi) is 6.89. The summed E-state index contributed by atoms with van der Waals surface area (Å²) in [6, 6.07) is 8.96. The highest BCUT2D eigenvalue weighted by Crippen LogP contribution is 2.36. The second kappa shape index (κ2) is 10.1. The first kappa shape index (κ1) is 25.2. The van der Waals surface area contributed by atoms with Crippen molar-refractivity contribution in [2.24, 2.45) is 0 Å². The van der Waals surface area contributed by atoms with E-state index in [2.05, 4.69) is 14.8 Å². The fraction of sp³-hybridized carbons (Fsp3) is 0.423. The predicted octanol–water partition coefficient (Wildman–Crippen LogP) is 4.56. The minimum absolute atomic E-state index is 0.0549. The van der Waals surface area contributed by atoms with Gasteiger partial charge in [-0.1, -0.05) is 0 Å². The molecule has 0 aliphatic carbocycles. The Morgan fingerprint density at radius 2 is 1.76 bits per heavy atom. The van der Waals surface area contributed by atoms with Gasteiger partial charge in [0.25, 0.3) is 0 Å². The highest BCUT2D eigenvalue weighted by Gasteiger charge is 2.37. The monoisotopic (exact) mass is 516 g/mol. The van der Waals surface area contributed by atoms with Gasteiger partial charge in [-0.05, 0) is 49.7 Å². The molecule has 0 bridgehead atoms. The molecule has 0 saturated carbocycles. The molecule has 5 rings (SSSR count). The van der Waals surface area contributed by atoms with E-state index in [4.69, 9.17) is 14.7 Å². The molecule has 0 amide bonds. The maximum Gasteiger partial charge on any atom is 0.419 e. The van der Waals surface area contributed by atoms with Crippen LogP contribution in [0.25, 0.3) is 11.3 Å². The van der Waals surface area contributed by atoms with E-state index in [9.17, 15) is 17.6 Å². The van der Waals surface area contributed by atoms with Crippen LogP contribution in [-0.4, -0.2) is 66.9 Å². The summed E-state index contributed by atoms with van der Waals surface area (Å²) >= 11 is 0. The van der Waals surface area contributed by atoms with E-state index in [-0.39, 0.29) is 17.7 Å². The second-order valence-electron chi connectivity index (χ2n) is 9.34. The number of aromatic nitrogens is 3. The van der Waals surface area contributed by atoms with Crippen LogP contribution in [0.2, 0.25) is 0 Å². The molecular weight excluding hydrogens is 488 g/mol. The van der Waals surface area contributed by atoms with Crippen molar-refractivity contribution in [3.63, 3.8) is 0 Å². The molecule has 0 N–H and O–H groups in total. The third kappa shape index (κ3) is 5.31. The molecule has 0 radical (unpaired) electrons. The van der Waals surface area contributed by atoms with Crippen LogP contribution < -0.4 is 14.7 Å². The van der Waals surface area contributed by atoms with Crippen molar-refractivity contribution >= 4 is 17.6 Å². The largest absolute Gasteiger partial charge is 0.419 e. The van der Waals surface area contributed by atoms with Crippen LogP contribution in [0.1, 0.15) is 18.1 Å². The van der Waals surface area contributed by atoms with Crippen molar-refractivity contribution in [2.75, 3.05) is 60.6 Å². The van der Waals surface area contributed by atoms with Crippen LogP contribution in [0.4, 0.5) is 35.1 Å². The Morgan fingerprint density at radius 1 is 0.973 bits per heavy atom. The molecule has 0 spiro atoms. The van der Waals surface area contributed by atoms with Crippen molar-refractivity contribution in [3.05, 3.63) is 59.5 Å². The van der Waals surface area contributed by atoms with Crippen LogP contribution >= 0.6 is 0 Å². The molecule has 2 saturated heterocycles. The lowest BCUT2D eigenvalue weighted by atomic mass is 10.1. The summed E-state index contributed by atoms with van der Waals surface area (Å²) in [5.74, 6) is 0.888. The Balaban J connectivity index is 1.47. The third-order valence-corrected chi connectivity index (χ3v) is 6.76. The van der Waals surface area contributed by atoms with Crippen molar-refractivity contribution in [1.82, 2.24) is 15.0 Å². The molecular formula is C26H28F4N6O. The van der Waals surface area contributed by atoms with Gasteiger partial charge in [0, 0.05) is 56.6 Å². The summed E-state index contributed by atoms with van der Waals surface area (Å²) < 4.78 is 60.2. The van der Waals surface area contributed by atoms with Gasteiger partial charge in [-0.2, -0.15) is 18.2 Å². The van der Waals surface area contributed by atoms with Gasteiger partial charge in [0.2, 0.25) is 5.95 Å². The smallest absolute Gasteiger partial charge is 0.378 e. The van der Waals surface area contributed by atoms with E-state index in [0.29, 0.717) is 69.0 Å². The minimum atomic E-state index is -4.48. The molecule has 2 aliphatic heterocycles. The predicted molar refractivity (Wildman–Crippen MR) is 133 cm³/mol. The Labute approximate surface area is 212 Å². The Morgan fingerprint density at radius 3 is 2.46 bits per heavy atom. The average molecular weight is 517 g/mol. The summed E-state index contributed by atoms with van der Waals surface area (Å²) in [6.07, 6.45) is -3.09.